The van der Waals surface area contributed by atoms with Crippen molar-refractivity contribution >= 4 is 33.7 Å². The first-order valence-corrected chi connectivity index (χ1v) is 13.5. The molecular formula is C25H27N5O2S2. The minimum Gasteiger partial charge on any atom is -0.371 e. The van der Waals surface area contributed by atoms with E-state index in [4.69, 9.17) is 24.4 Å². The molecule has 176 valence electrons. The van der Waals surface area contributed by atoms with E-state index in [1.165, 1.54) is 12.0 Å². The Balaban J connectivity index is 1.27. The molecule has 2 atom stereocenters. The van der Waals surface area contributed by atoms with Crippen molar-refractivity contribution in [3.05, 3.63) is 40.7 Å². The van der Waals surface area contributed by atoms with Crippen LogP contribution in [-0.2, 0) is 27.7 Å². The Bertz CT molecular complexity index is 1380. The molecule has 3 aliphatic rings. The molecule has 4 aromatic heterocycles. The van der Waals surface area contributed by atoms with Crippen molar-refractivity contribution in [2.24, 2.45) is 7.05 Å². The number of morpholine rings is 1. The fourth-order valence-corrected chi connectivity index (χ4v) is 7.97. The second-order valence-electron chi connectivity index (χ2n) is 9.66. The van der Waals surface area contributed by atoms with Crippen LogP contribution in [0.15, 0.2) is 30.7 Å². The summed E-state index contributed by atoms with van der Waals surface area (Å²) >= 11 is 3.50. The molecule has 3 fully saturated rings. The first-order valence-electron chi connectivity index (χ1n) is 11.9. The van der Waals surface area contributed by atoms with Gasteiger partial charge in [-0.2, -0.15) is 0 Å². The Hall–Kier alpha value is -2.17. The fraction of sp³-hybridized carbons (Fsp3) is 0.480. The molecule has 34 heavy (non-hydrogen) atoms. The summed E-state index contributed by atoms with van der Waals surface area (Å²) in [6.45, 7) is 3.87. The Kier molecular flexibility index (Phi) is 4.77. The van der Waals surface area contributed by atoms with Crippen molar-refractivity contribution in [3.8, 4) is 21.0 Å². The Morgan fingerprint density at radius 2 is 1.85 bits per heavy atom. The van der Waals surface area contributed by atoms with Gasteiger partial charge in [-0.05, 0) is 37.8 Å². The molecule has 2 saturated heterocycles. The number of pyridine rings is 1. The summed E-state index contributed by atoms with van der Waals surface area (Å²) < 4.78 is 14.3. The normalized spacial score (nSPS) is 25.6. The van der Waals surface area contributed by atoms with Gasteiger partial charge in [-0.15, -0.1) is 22.7 Å². The molecule has 1 aliphatic carbocycles. The first-order chi connectivity index (χ1) is 16.6. The van der Waals surface area contributed by atoms with Crippen molar-refractivity contribution < 1.29 is 9.47 Å². The van der Waals surface area contributed by atoms with Crippen LogP contribution in [0.3, 0.4) is 0 Å². The number of hydrogen-bond donors (Lipinski definition) is 0. The topological polar surface area (TPSA) is 65.3 Å². The summed E-state index contributed by atoms with van der Waals surface area (Å²) in [6.07, 6.45) is 10.2. The number of aromatic nitrogens is 4. The lowest BCUT2D eigenvalue weighted by atomic mass is 9.80. The average Bonchev–Trinajstić information content (AvgIpc) is 3.61. The van der Waals surface area contributed by atoms with Crippen molar-refractivity contribution in [1.29, 1.82) is 0 Å². The van der Waals surface area contributed by atoms with Crippen LogP contribution in [0.4, 0.5) is 0 Å². The van der Waals surface area contributed by atoms with Crippen molar-refractivity contribution in [2.45, 2.75) is 36.9 Å². The molecule has 7 nitrogen and oxygen atoms in total. The van der Waals surface area contributed by atoms with Crippen LogP contribution >= 0.6 is 22.7 Å². The number of rotatable bonds is 5. The highest BCUT2D eigenvalue weighted by Crippen LogP contribution is 2.48. The minimum atomic E-state index is -0.229. The van der Waals surface area contributed by atoms with Crippen LogP contribution in [0.5, 0.6) is 0 Å². The number of fused-ring (bicyclic) bond motifs is 3. The van der Waals surface area contributed by atoms with Gasteiger partial charge < -0.3 is 14.0 Å². The van der Waals surface area contributed by atoms with Crippen LogP contribution in [-0.4, -0.2) is 57.8 Å². The molecule has 2 unspecified atom stereocenters. The Morgan fingerprint density at radius 1 is 1.03 bits per heavy atom. The van der Waals surface area contributed by atoms with Gasteiger partial charge in [-0.1, -0.05) is 0 Å². The predicted molar refractivity (Wildman–Crippen MR) is 134 cm³/mol. The molecule has 0 amide bonds. The van der Waals surface area contributed by atoms with Crippen LogP contribution in [0.2, 0.25) is 0 Å². The summed E-state index contributed by atoms with van der Waals surface area (Å²) in [6, 6.07) is 4.35. The minimum absolute atomic E-state index is 0.188. The quantitative estimate of drug-likeness (QED) is 0.399. The van der Waals surface area contributed by atoms with E-state index in [1.54, 1.807) is 29.8 Å². The van der Waals surface area contributed by atoms with Gasteiger partial charge >= 0.3 is 0 Å². The molecular weight excluding hydrogens is 466 g/mol. The fourth-order valence-electron chi connectivity index (χ4n) is 5.66. The number of aryl methyl sites for hydroxylation is 1. The third-order valence-electron chi connectivity index (χ3n) is 7.89. The van der Waals surface area contributed by atoms with Crippen LogP contribution < -0.4 is 0 Å². The van der Waals surface area contributed by atoms with E-state index in [9.17, 15) is 0 Å². The highest BCUT2D eigenvalue weighted by atomic mass is 32.1. The highest BCUT2D eigenvalue weighted by molar-refractivity contribution is 7.15. The van der Waals surface area contributed by atoms with E-state index in [0.717, 1.165) is 82.0 Å². The second-order valence-corrected chi connectivity index (χ2v) is 11.7. The van der Waals surface area contributed by atoms with Gasteiger partial charge in [0.05, 0.1) is 22.1 Å². The summed E-state index contributed by atoms with van der Waals surface area (Å²) in [7, 11) is 3.89. The second kappa shape index (κ2) is 7.66. The lowest BCUT2D eigenvalue weighted by Gasteiger charge is -2.38. The van der Waals surface area contributed by atoms with Crippen LogP contribution in [0.1, 0.15) is 35.7 Å². The summed E-state index contributed by atoms with van der Waals surface area (Å²) in [5.74, 6) is 0. The molecule has 7 rings (SSSR count). The third-order valence-corrected chi connectivity index (χ3v) is 10.3. The molecule has 4 aromatic rings. The van der Waals surface area contributed by atoms with Gasteiger partial charge in [0.25, 0.3) is 0 Å². The average molecular weight is 494 g/mol. The third kappa shape index (κ3) is 3.01. The SMILES string of the molecule is COC1(c2ncc(-c3ccnc4c3cc(-c3cnc(C56CCN(CCO5)C6)s3)n4C)s2)CCC1. The van der Waals surface area contributed by atoms with Gasteiger partial charge in [-0.3, -0.25) is 4.90 Å². The highest BCUT2D eigenvalue weighted by Gasteiger charge is 2.46. The van der Waals surface area contributed by atoms with Gasteiger partial charge in [0.1, 0.15) is 26.9 Å². The zero-order chi connectivity index (χ0) is 22.9. The molecule has 0 aromatic carbocycles. The van der Waals surface area contributed by atoms with E-state index in [0.29, 0.717) is 0 Å². The number of ether oxygens (including phenoxy) is 2. The molecule has 0 spiro atoms. The van der Waals surface area contributed by atoms with Gasteiger partial charge in [0.2, 0.25) is 0 Å². The van der Waals surface area contributed by atoms with E-state index in [-0.39, 0.29) is 11.2 Å². The molecule has 9 heteroatoms. The Labute approximate surface area is 206 Å². The molecule has 2 bridgehead atoms. The van der Waals surface area contributed by atoms with E-state index in [2.05, 4.69) is 28.6 Å². The molecule has 6 heterocycles. The maximum atomic E-state index is 6.28. The lowest BCUT2D eigenvalue weighted by molar-refractivity contribution is -0.0779. The van der Waals surface area contributed by atoms with Crippen molar-refractivity contribution in [2.75, 3.05) is 33.4 Å². The van der Waals surface area contributed by atoms with Crippen molar-refractivity contribution in [3.63, 3.8) is 0 Å². The van der Waals surface area contributed by atoms with Crippen molar-refractivity contribution in [1.82, 2.24) is 24.4 Å². The van der Waals surface area contributed by atoms with E-state index >= 15 is 0 Å². The number of hydrogen-bond acceptors (Lipinski definition) is 8. The van der Waals surface area contributed by atoms with Gasteiger partial charge in [0, 0.05) is 63.3 Å². The smallest absolute Gasteiger partial charge is 0.140 e. The summed E-state index contributed by atoms with van der Waals surface area (Å²) in [4.78, 5) is 19.1. The van der Waals surface area contributed by atoms with Gasteiger partial charge in [0.15, 0.2) is 0 Å². The zero-order valence-electron chi connectivity index (χ0n) is 19.4. The van der Waals surface area contributed by atoms with Gasteiger partial charge in [-0.25, -0.2) is 15.0 Å². The van der Waals surface area contributed by atoms with E-state index in [1.807, 2.05) is 18.6 Å². The first kappa shape index (κ1) is 21.1. The lowest BCUT2D eigenvalue weighted by Crippen LogP contribution is -2.41. The molecule has 0 radical (unpaired) electrons. The number of thiazole rings is 2. The standard InChI is InChI=1S/C25H27N5O2S2/c1-29-18(20-14-28-23(34-20)25-7-9-30(15-25)10-11-32-25)12-17-16(4-8-26-21(17)29)19-13-27-22(33-19)24(31-2)5-3-6-24/h4,8,12-14H,3,5-7,9-11,15H2,1-2H3. The molecule has 0 N–H and O–H groups in total. The monoisotopic (exact) mass is 493 g/mol. The maximum absolute atomic E-state index is 6.28. The largest absolute Gasteiger partial charge is 0.371 e. The summed E-state index contributed by atoms with van der Waals surface area (Å²) in [5.41, 5.74) is 2.87. The van der Waals surface area contributed by atoms with Crippen LogP contribution in [0.25, 0.3) is 32.0 Å². The number of nitrogens with zero attached hydrogens (tertiary/aromatic N) is 5. The Morgan fingerprint density at radius 3 is 2.68 bits per heavy atom. The maximum Gasteiger partial charge on any atom is 0.140 e. The zero-order valence-corrected chi connectivity index (χ0v) is 21.0. The van der Waals surface area contributed by atoms with Crippen LogP contribution in [0, 0.1) is 0 Å². The molecule has 2 aliphatic heterocycles. The number of methoxy groups -OCH3 is 1. The molecule has 1 saturated carbocycles. The predicted octanol–water partition coefficient (Wildman–Crippen LogP) is 4.78. The van der Waals surface area contributed by atoms with E-state index < -0.39 is 0 Å². The summed E-state index contributed by atoms with van der Waals surface area (Å²) in [5, 5.41) is 3.33.